The van der Waals surface area contributed by atoms with Crippen LogP contribution >= 0.6 is 0 Å². The molecule has 0 radical (unpaired) electrons. The molecular formula is C25H31N3O10. The quantitative estimate of drug-likeness (QED) is 0.306. The Balaban J connectivity index is 0.000000263. The van der Waals surface area contributed by atoms with E-state index in [1.54, 1.807) is 0 Å². The molecule has 0 spiro atoms. The number of carboxylic acids is 3. The number of hydrogen-bond donors (Lipinski definition) is 5. The molecule has 5 N–H and O–H groups in total. The van der Waals surface area contributed by atoms with Crippen molar-refractivity contribution in [3.05, 3.63) is 47.5 Å². The van der Waals surface area contributed by atoms with Crippen molar-refractivity contribution in [2.45, 2.75) is 56.8 Å². The number of aromatic nitrogens is 2. The summed E-state index contributed by atoms with van der Waals surface area (Å²) in [5.74, 6) is -2.67. The van der Waals surface area contributed by atoms with Crippen LogP contribution in [0.4, 0.5) is 0 Å². The molecule has 0 amide bonds. The van der Waals surface area contributed by atoms with Crippen molar-refractivity contribution in [3.8, 4) is 11.5 Å². The Bertz CT molecular complexity index is 1130. The van der Waals surface area contributed by atoms with Crippen LogP contribution in [0.3, 0.4) is 0 Å². The highest BCUT2D eigenvalue weighted by Crippen LogP contribution is 2.39. The number of hydrogen-bond acceptors (Lipinski definition) is 10. The molecule has 3 heterocycles. The number of benzene rings is 1. The molecule has 4 rings (SSSR count). The standard InChI is InChI=1S/C19H23N3O3.C6H8O7/c1-2-18-20-10-14(11-21-18)12-22-7-5-19(23,6-8-22)15-3-4-16-17(9-15)25-13-24-16;7-3(8)1-6(13,5(11)12)2-4(9)10/h3-4,9-11,23H,2,5-8,12-13H2,1H3;13H,1-2H2,(H,7,8)(H,9,10)(H,11,12). The summed E-state index contributed by atoms with van der Waals surface area (Å²) in [6, 6.07) is 5.74. The zero-order valence-corrected chi connectivity index (χ0v) is 20.9. The largest absolute Gasteiger partial charge is 0.481 e. The molecule has 2 aromatic rings. The van der Waals surface area contributed by atoms with Crippen molar-refractivity contribution in [2.24, 2.45) is 0 Å². The minimum atomic E-state index is -2.74. The highest BCUT2D eigenvalue weighted by molar-refractivity contribution is 5.88. The number of fused-ring (bicyclic) bond motifs is 1. The zero-order valence-electron chi connectivity index (χ0n) is 20.9. The van der Waals surface area contributed by atoms with E-state index < -0.39 is 42.0 Å². The summed E-state index contributed by atoms with van der Waals surface area (Å²) >= 11 is 0. The molecule has 0 aliphatic carbocycles. The molecule has 0 atom stereocenters. The van der Waals surface area contributed by atoms with Gasteiger partial charge in [0.1, 0.15) is 5.82 Å². The van der Waals surface area contributed by atoms with E-state index in [0.29, 0.717) is 12.8 Å². The van der Waals surface area contributed by atoms with Crippen LogP contribution in [-0.4, -0.2) is 83.8 Å². The van der Waals surface area contributed by atoms with Gasteiger partial charge in [0, 0.05) is 44.0 Å². The number of carboxylic acid groups (broad SMARTS) is 3. The number of piperidine rings is 1. The molecule has 1 aromatic carbocycles. The van der Waals surface area contributed by atoms with E-state index in [9.17, 15) is 19.5 Å². The number of ether oxygens (including phenoxy) is 2. The molecule has 1 saturated heterocycles. The first-order chi connectivity index (χ1) is 17.9. The predicted molar refractivity (Wildman–Crippen MR) is 129 cm³/mol. The smallest absolute Gasteiger partial charge is 0.336 e. The van der Waals surface area contributed by atoms with E-state index in [0.717, 1.165) is 54.5 Å². The second-order valence-corrected chi connectivity index (χ2v) is 9.21. The summed E-state index contributed by atoms with van der Waals surface area (Å²) < 4.78 is 10.8. The van der Waals surface area contributed by atoms with Crippen molar-refractivity contribution in [2.75, 3.05) is 19.9 Å². The van der Waals surface area contributed by atoms with E-state index in [-0.39, 0.29) is 6.79 Å². The molecular weight excluding hydrogens is 502 g/mol. The fourth-order valence-corrected chi connectivity index (χ4v) is 4.17. The second-order valence-electron chi connectivity index (χ2n) is 9.21. The van der Waals surface area contributed by atoms with Crippen LogP contribution in [0.2, 0.25) is 0 Å². The summed E-state index contributed by atoms with van der Waals surface area (Å²) in [6.07, 6.45) is 3.77. The van der Waals surface area contributed by atoms with Crippen LogP contribution in [0, 0.1) is 0 Å². The number of aryl methyl sites for hydroxylation is 1. The third kappa shape index (κ3) is 7.37. The summed E-state index contributed by atoms with van der Waals surface area (Å²) in [7, 11) is 0. The van der Waals surface area contributed by atoms with Crippen LogP contribution in [-0.2, 0) is 33.0 Å². The van der Waals surface area contributed by atoms with Gasteiger partial charge in [0.25, 0.3) is 0 Å². The Morgan fingerprint density at radius 2 is 1.58 bits per heavy atom. The normalized spacial score (nSPS) is 16.3. The molecule has 0 saturated carbocycles. The third-order valence-electron chi connectivity index (χ3n) is 6.36. The molecule has 206 valence electrons. The number of aliphatic carboxylic acids is 3. The lowest BCUT2D eigenvalue weighted by Crippen LogP contribution is -2.42. The Labute approximate surface area is 218 Å². The molecule has 13 nitrogen and oxygen atoms in total. The maximum Gasteiger partial charge on any atom is 0.336 e. The van der Waals surface area contributed by atoms with E-state index in [4.69, 9.17) is 29.9 Å². The van der Waals surface area contributed by atoms with Crippen molar-refractivity contribution in [1.29, 1.82) is 0 Å². The molecule has 0 bridgehead atoms. The number of carbonyl (C=O) groups is 3. The van der Waals surface area contributed by atoms with E-state index in [2.05, 4.69) is 21.8 Å². The number of nitrogens with zero attached hydrogens (tertiary/aromatic N) is 3. The van der Waals surface area contributed by atoms with Gasteiger partial charge in [0.05, 0.1) is 18.4 Å². The van der Waals surface area contributed by atoms with Gasteiger partial charge in [-0.2, -0.15) is 0 Å². The first-order valence-corrected chi connectivity index (χ1v) is 12.0. The number of rotatable bonds is 9. The van der Waals surface area contributed by atoms with Gasteiger partial charge in [-0.05, 0) is 30.5 Å². The maximum atomic E-state index is 11.1. The Hall–Kier alpha value is -3.81. The molecule has 1 aromatic heterocycles. The molecule has 0 unspecified atom stereocenters. The predicted octanol–water partition coefficient (Wildman–Crippen LogP) is 1.00. The maximum absolute atomic E-state index is 11.1. The van der Waals surface area contributed by atoms with Gasteiger partial charge in [0.2, 0.25) is 6.79 Å². The van der Waals surface area contributed by atoms with Gasteiger partial charge < -0.3 is 35.0 Å². The lowest BCUT2D eigenvalue weighted by atomic mass is 9.84. The van der Waals surface area contributed by atoms with Gasteiger partial charge >= 0.3 is 17.9 Å². The Morgan fingerprint density at radius 1 is 1.00 bits per heavy atom. The number of aliphatic hydroxyl groups is 2. The number of likely N-dealkylation sites (tertiary alicyclic amines) is 1. The van der Waals surface area contributed by atoms with Gasteiger partial charge in [-0.25, -0.2) is 14.8 Å². The SMILES string of the molecule is CCc1ncc(CN2CCC(O)(c3ccc4c(c3)OCO4)CC2)cn1.O=C(O)CC(O)(CC(=O)O)C(=O)O. The average Bonchev–Trinajstić information content (AvgIpc) is 3.33. The molecule has 1 fully saturated rings. The molecule has 38 heavy (non-hydrogen) atoms. The lowest BCUT2D eigenvalue weighted by molar-refractivity contribution is -0.170. The average molecular weight is 534 g/mol. The van der Waals surface area contributed by atoms with E-state index in [1.165, 1.54) is 0 Å². The first kappa shape index (κ1) is 28.8. The van der Waals surface area contributed by atoms with Gasteiger partial charge in [0.15, 0.2) is 17.1 Å². The van der Waals surface area contributed by atoms with Gasteiger partial charge in [-0.1, -0.05) is 13.0 Å². The van der Waals surface area contributed by atoms with Crippen LogP contribution in [0.15, 0.2) is 30.6 Å². The molecule has 2 aliphatic rings. The highest BCUT2D eigenvalue weighted by Gasteiger charge is 2.41. The fraction of sp³-hybridized carbons (Fsp3) is 0.480. The van der Waals surface area contributed by atoms with Crippen LogP contribution < -0.4 is 9.47 Å². The van der Waals surface area contributed by atoms with Crippen molar-refractivity contribution < 1.29 is 49.4 Å². The van der Waals surface area contributed by atoms with Crippen LogP contribution in [0.25, 0.3) is 0 Å². The van der Waals surface area contributed by atoms with E-state index >= 15 is 0 Å². The Kier molecular flexibility index (Phi) is 9.20. The molecule has 13 heteroatoms. The monoisotopic (exact) mass is 533 g/mol. The molecule has 2 aliphatic heterocycles. The fourth-order valence-electron chi connectivity index (χ4n) is 4.17. The second kappa shape index (κ2) is 12.2. The van der Waals surface area contributed by atoms with Crippen LogP contribution in [0.5, 0.6) is 11.5 Å². The van der Waals surface area contributed by atoms with Crippen LogP contribution in [0.1, 0.15) is 49.6 Å². The van der Waals surface area contributed by atoms with Crippen molar-refractivity contribution in [3.63, 3.8) is 0 Å². The van der Waals surface area contributed by atoms with Crippen molar-refractivity contribution in [1.82, 2.24) is 14.9 Å². The first-order valence-electron chi connectivity index (χ1n) is 12.0. The van der Waals surface area contributed by atoms with Gasteiger partial charge in [-0.15, -0.1) is 0 Å². The topological polar surface area (TPSA) is 200 Å². The highest BCUT2D eigenvalue weighted by atomic mass is 16.7. The summed E-state index contributed by atoms with van der Waals surface area (Å²) in [5.41, 5.74) is -1.52. The van der Waals surface area contributed by atoms with Crippen molar-refractivity contribution >= 4 is 17.9 Å². The van der Waals surface area contributed by atoms with Gasteiger partial charge in [-0.3, -0.25) is 14.5 Å². The summed E-state index contributed by atoms with van der Waals surface area (Å²) in [6.45, 7) is 4.79. The lowest BCUT2D eigenvalue weighted by Gasteiger charge is -2.38. The van der Waals surface area contributed by atoms with E-state index in [1.807, 2.05) is 30.6 Å². The third-order valence-corrected chi connectivity index (χ3v) is 6.36. The summed E-state index contributed by atoms with van der Waals surface area (Å²) in [4.78, 5) is 41.5. The zero-order chi connectivity index (χ0) is 27.9. The minimum absolute atomic E-state index is 0.254. The minimum Gasteiger partial charge on any atom is -0.481 e. The summed E-state index contributed by atoms with van der Waals surface area (Å²) in [5, 5.41) is 44.9. The Morgan fingerprint density at radius 3 is 2.11 bits per heavy atom.